The van der Waals surface area contributed by atoms with E-state index in [2.05, 4.69) is 6.08 Å². The molecule has 60 valence electrons. The summed E-state index contributed by atoms with van der Waals surface area (Å²) in [6, 6.07) is 0. The quantitative estimate of drug-likeness (QED) is 0.474. The summed E-state index contributed by atoms with van der Waals surface area (Å²) in [7, 11) is 0. The summed E-state index contributed by atoms with van der Waals surface area (Å²) in [5.74, 6) is 0. The van der Waals surface area contributed by atoms with Crippen molar-refractivity contribution < 1.29 is 14.2 Å². The fraction of sp³-hybridized carbons (Fsp3) is 0.750. The van der Waals surface area contributed by atoms with E-state index in [1.165, 1.54) is 5.57 Å². The Morgan fingerprint density at radius 2 is 2.55 bits per heavy atom. The molecule has 1 aliphatic carbocycles. The van der Waals surface area contributed by atoms with Gasteiger partial charge in [-0.2, -0.15) is 0 Å². The Morgan fingerprint density at radius 3 is 3.55 bits per heavy atom. The minimum Gasteiger partial charge on any atom is -0.374 e. The lowest BCUT2D eigenvalue weighted by Crippen LogP contribution is -2.38. The highest BCUT2D eigenvalue weighted by Gasteiger charge is 2.54. The number of hydrogen-bond donors (Lipinski definition) is 0. The molecular weight excluding hydrogens is 144 g/mol. The fourth-order valence-corrected chi connectivity index (χ4v) is 2.15. The summed E-state index contributed by atoms with van der Waals surface area (Å²) in [5, 5.41) is 0. The zero-order valence-corrected chi connectivity index (χ0v) is 6.21. The van der Waals surface area contributed by atoms with Crippen molar-refractivity contribution in [3.05, 3.63) is 11.6 Å². The van der Waals surface area contributed by atoms with Crippen LogP contribution in [0.2, 0.25) is 0 Å². The molecule has 0 bridgehead atoms. The first-order valence-electron chi connectivity index (χ1n) is 3.95. The van der Waals surface area contributed by atoms with Gasteiger partial charge in [0.05, 0.1) is 19.3 Å². The molecule has 2 heterocycles. The van der Waals surface area contributed by atoms with E-state index in [4.69, 9.17) is 14.2 Å². The smallest absolute Gasteiger partial charge is 0.148 e. The maximum atomic E-state index is 5.57. The SMILES string of the molecule is C1=C2COCC23OCOC3C1. The monoisotopic (exact) mass is 154 g/mol. The fourth-order valence-electron chi connectivity index (χ4n) is 2.15. The third-order valence-electron chi connectivity index (χ3n) is 2.80. The first-order valence-corrected chi connectivity index (χ1v) is 3.95. The van der Waals surface area contributed by atoms with Gasteiger partial charge in [-0.25, -0.2) is 0 Å². The number of ether oxygens (including phenoxy) is 3. The van der Waals surface area contributed by atoms with Crippen molar-refractivity contribution in [2.45, 2.75) is 18.1 Å². The molecule has 0 N–H and O–H groups in total. The Bertz CT molecular complexity index is 219. The van der Waals surface area contributed by atoms with Crippen LogP contribution in [0.3, 0.4) is 0 Å². The maximum absolute atomic E-state index is 5.57. The molecule has 0 aromatic rings. The van der Waals surface area contributed by atoms with Gasteiger partial charge in [-0.15, -0.1) is 0 Å². The van der Waals surface area contributed by atoms with Crippen molar-refractivity contribution in [1.82, 2.24) is 0 Å². The van der Waals surface area contributed by atoms with Crippen molar-refractivity contribution in [1.29, 1.82) is 0 Å². The number of rotatable bonds is 0. The minimum absolute atomic E-state index is 0.167. The van der Waals surface area contributed by atoms with Crippen LogP contribution in [0.5, 0.6) is 0 Å². The Morgan fingerprint density at radius 1 is 1.55 bits per heavy atom. The molecule has 3 nitrogen and oxygen atoms in total. The van der Waals surface area contributed by atoms with E-state index in [0.717, 1.165) is 13.0 Å². The summed E-state index contributed by atoms with van der Waals surface area (Å²) in [6.07, 6.45) is 3.43. The lowest BCUT2D eigenvalue weighted by molar-refractivity contribution is -0.00115. The van der Waals surface area contributed by atoms with E-state index < -0.39 is 0 Å². The summed E-state index contributed by atoms with van der Waals surface area (Å²) in [6.45, 7) is 1.86. The highest BCUT2D eigenvalue weighted by atomic mass is 16.7. The van der Waals surface area contributed by atoms with Gasteiger partial charge in [0, 0.05) is 0 Å². The van der Waals surface area contributed by atoms with Crippen LogP contribution < -0.4 is 0 Å². The minimum atomic E-state index is -0.167. The molecule has 0 saturated carbocycles. The molecule has 11 heavy (non-hydrogen) atoms. The molecule has 2 atom stereocenters. The predicted octanol–water partition coefficient (Wildman–Crippen LogP) is 0.458. The second-order valence-electron chi connectivity index (χ2n) is 3.26. The van der Waals surface area contributed by atoms with E-state index in [0.29, 0.717) is 13.4 Å². The van der Waals surface area contributed by atoms with E-state index in [-0.39, 0.29) is 11.7 Å². The molecule has 2 fully saturated rings. The third-order valence-corrected chi connectivity index (χ3v) is 2.80. The largest absolute Gasteiger partial charge is 0.374 e. The van der Waals surface area contributed by atoms with E-state index in [9.17, 15) is 0 Å². The zero-order valence-electron chi connectivity index (χ0n) is 6.21. The van der Waals surface area contributed by atoms with Gasteiger partial charge in [-0.05, 0) is 12.0 Å². The molecule has 0 aromatic heterocycles. The Balaban J connectivity index is 2.05. The molecule has 3 aliphatic rings. The van der Waals surface area contributed by atoms with Crippen molar-refractivity contribution >= 4 is 0 Å². The molecule has 3 heteroatoms. The molecule has 2 aliphatic heterocycles. The van der Waals surface area contributed by atoms with Crippen LogP contribution in [0.15, 0.2) is 11.6 Å². The Labute approximate surface area is 64.9 Å². The summed E-state index contributed by atoms with van der Waals surface area (Å²) >= 11 is 0. The van der Waals surface area contributed by atoms with Gasteiger partial charge < -0.3 is 14.2 Å². The summed E-state index contributed by atoms with van der Waals surface area (Å²) in [4.78, 5) is 0. The molecule has 0 amide bonds. The summed E-state index contributed by atoms with van der Waals surface area (Å²) < 4.78 is 16.3. The highest BCUT2D eigenvalue weighted by Crippen LogP contribution is 2.43. The van der Waals surface area contributed by atoms with E-state index in [1.54, 1.807) is 0 Å². The zero-order chi connectivity index (χ0) is 7.31. The van der Waals surface area contributed by atoms with Gasteiger partial charge in [0.1, 0.15) is 12.4 Å². The van der Waals surface area contributed by atoms with Crippen LogP contribution in [-0.2, 0) is 14.2 Å². The molecule has 0 aromatic carbocycles. The topological polar surface area (TPSA) is 27.7 Å². The van der Waals surface area contributed by atoms with Crippen LogP contribution in [0.1, 0.15) is 6.42 Å². The lowest BCUT2D eigenvalue weighted by atomic mass is 9.97. The van der Waals surface area contributed by atoms with Gasteiger partial charge in [0.2, 0.25) is 0 Å². The standard InChI is InChI=1S/C8H10O3/c1-2-7-8(11-5-10-7)4-9-3-6(1)8/h1,7H,2-5H2. The van der Waals surface area contributed by atoms with Crippen molar-refractivity contribution in [3.63, 3.8) is 0 Å². The molecule has 2 saturated heterocycles. The van der Waals surface area contributed by atoms with E-state index in [1.807, 2.05) is 0 Å². The average Bonchev–Trinajstić information content (AvgIpc) is 2.55. The average molecular weight is 154 g/mol. The van der Waals surface area contributed by atoms with Crippen LogP contribution in [0, 0.1) is 0 Å². The maximum Gasteiger partial charge on any atom is 0.148 e. The van der Waals surface area contributed by atoms with Crippen LogP contribution >= 0.6 is 0 Å². The molecule has 1 spiro atoms. The van der Waals surface area contributed by atoms with Crippen LogP contribution in [-0.4, -0.2) is 31.7 Å². The second kappa shape index (κ2) is 1.86. The molecule has 3 rings (SSSR count). The van der Waals surface area contributed by atoms with Gasteiger partial charge in [0.15, 0.2) is 0 Å². The summed E-state index contributed by atoms with van der Waals surface area (Å²) in [5.41, 5.74) is 1.13. The predicted molar refractivity (Wildman–Crippen MR) is 37.1 cm³/mol. The normalized spacial score (nSPS) is 47.3. The van der Waals surface area contributed by atoms with Crippen molar-refractivity contribution in [2.75, 3.05) is 20.0 Å². The molecule has 0 radical (unpaired) electrons. The lowest BCUT2D eigenvalue weighted by Gasteiger charge is -2.21. The van der Waals surface area contributed by atoms with Crippen LogP contribution in [0.25, 0.3) is 0 Å². The molecule has 2 unspecified atom stereocenters. The second-order valence-corrected chi connectivity index (χ2v) is 3.26. The van der Waals surface area contributed by atoms with E-state index >= 15 is 0 Å². The van der Waals surface area contributed by atoms with Gasteiger partial charge in [0.25, 0.3) is 0 Å². The third kappa shape index (κ3) is 0.596. The Kier molecular flexibility index (Phi) is 1.04. The Hall–Kier alpha value is -0.380. The first kappa shape index (κ1) is 6.17. The van der Waals surface area contributed by atoms with Gasteiger partial charge in [-0.3, -0.25) is 0 Å². The number of hydrogen-bond acceptors (Lipinski definition) is 3. The van der Waals surface area contributed by atoms with Gasteiger partial charge in [-0.1, -0.05) is 6.08 Å². The highest BCUT2D eigenvalue weighted by molar-refractivity contribution is 5.31. The van der Waals surface area contributed by atoms with Gasteiger partial charge >= 0.3 is 0 Å². The van der Waals surface area contributed by atoms with Crippen molar-refractivity contribution in [2.24, 2.45) is 0 Å². The van der Waals surface area contributed by atoms with Crippen molar-refractivity contribution in [3.8, 4) is 0 Å². The van der Waals surface area contributed by atoms with Crippen LogP contribution in [0.4, 0.5) is 0 Å². The molecular formula is C8H10O3. The first-order chi connectivity index (χ1) is 5.42.